The van der Waals surface area contributed by atoms with E-state index in [1.807, 2.05) is 18.2 Å². The molecule has 0 aliphatic carbocycles. The molecule has 2 heteroatoms. The average molecular weight is 283 g/mol. The van der Waals surface area contributed by atoms with Gasteiger partial charge in [0.25, 0.3) is 0 Å². The maximum Gasteiger partial charge on any atom is 0.0923 e. The molecule has 1 saturated heterocycles. The van der Waals surface area contributed by atoms with Gasteiger partial charge in [-0.2, -0.15) is 0 Å². The summed E-state index contributed by atoms with van der Waals surface area (Å²) < 4.78 is 0. The molecule has 1 N–H and O–H groups in total. The molecule has 0 spiro atoms. The first kappa shape index (κ1) is 14.6. The average Bonchev–Trinajstić information content (AvgIpc) is 2.50. The Morgan fingerprint density at radius 1 is 1.05 bits per heavy atom. The molecule has 0 amide bonds. The van der Waals surface area contributed by atoms with Crippen LogP contribution in [0.15, 0.2) is 42.5 Å². The summed E-state index contributed by atoms with van der Waals surface area (Å²) in [7, 11) is 0. The monoisotopic (exact) mass is 283 g/mol. The van der Waals surface area contributed by atoms with E-state index >= 15 is 0 Å². The maximum absolute atomic E-state index is 10.8. The highest BCUT2D eigenvalue weighted by atomic mass is 16.3. The van der Waals surface area contributed by atoms with Gasteiger partial charge >= 0.3 is 0 Å². The molecule has 2 aromatic rings. The van der Waals surface area contributed by atoms with Crippen LogP contribution in [0.25, 0.3) is 10.8 Å². The van der Waals surface area contributed by atoms with Crippen LogP contribution in [-0.2, 0) is 0 Å². The lowest BCUT2D eigenvalue weighted by Crippen LogP contribution is -2.45. The molecule has 1 heterocycles. The normalized spacial score (nSPS) is 25.1. The van der Waals surface area contributed by atoms with Crippen molar-refractivity contribution in [2.24, 2.45) is 0 Å². The molecule has 1 aliphatic rings. The predicted molar refractivity (Wildman–Crippen MR) is 88.4 cm³/mol. The summed E-state index contributed by atoms with van der Waals surface area (Å²) in [4.78, 5) is 2.47. The van der Waals surface area contributed by atoms with Crippen molar-refractivity contribution in [2.45, 2.75) is 51.3 Å². The molecule has 0 aromatic heterocycles. The van der Waals surface area contributed by atoms with Crippen LogP contribution >= 0.6 is 0 Å². The molecular formula is C19H25NO. The number of rotatable bonds is 3. The van der Waals surface area contributed by atoms with Crippen LogP contribution < -0.4 is 0 Å². The van der Waals surface area contributed by atoms with Gasteiger partial charge in [0.2, 0.25) is 0 Å². The van der Waals surface area contributed by atoms with Crippen LogP contribution in [0.1, 0.15) is 44.8 Å². The number of likely N-dealkylation sites (tertiary alicyclic amines) is 1. The number of hydrogen-bond donors (Lipinski definition) is 1. The van der Waals surface area contributed by atoms with Crippen molar-refractivity contribution in [1.82, 2.24) is 4.90 Å². The van der Waals surface area contributed by atoms with Crippen LogP contribution in [0.5, 0.6) is 0 Å². The molecule has 0 radical (unpaired) electrons. The van der Waals surface area contributed by atoms with Crippen LogP contribution in [0, 0.1) is 0 Å². The van der Waals surface area contributed by atoms with Gasteiger partial charge < -0.3 is 5.11 Å². The molecule has 3 rings (SSSR count). The summed E-state index contributed by atoms with van der Waals surface area (Å²) in [6.07, 6.45) is 3.38. The predicted octanol–water partition coefficient (Wildman–Crippen LogP) is 4.14. The first-order valence-electron chi connectivity index (χ1n) is 8.08. The highest BCUT2D eigenvalue weighted by molar-refractivity contribution is 5.85. The number of piperidine rings is 1. The summed E-state index contributed by atoms with van der Waals surface area (Å²) in [6, 6.07) is 15.7. The number of fused-ring (bicyclic) bond motifs is 1. The van der Waals surface area contributed by atoms with Gasteiger partial charge in [-0.3, -0.25) is 4.90 Å². The van der Waals surface area contributed by atoms with Crippen molar-refractivity contribution in [3.8, 4) is 0 Å². The smallest absolute Gasteiger partial charge is 0.0923 e. The molecule has 2 nitrogen and oxygen atoms in total. The van der Waals surface area contributed by atoms with Crippen molar-refractivity contribution in [3.05, 3.63) is 48.0 Å². The lowest BCUT2D eigenvalue weighted by molar-refractivity contribution is 0.0417. The fraction of sp³-hybridized carbons (Fsp3) is 0.474. The van der Waals surface area contributed by atoms with Crippen molar-refractivity contribution < 1.29 is 5.11 Å². The van der Waals surface area contributed by atoms with E-state index in [1.54, 1.807) is 0 Å². The molecule has 112 valence electrons. The fourth-order valence-corrected chi connectivity index (χ4v) is 3.67. The summed E-state index contributed by atoms with van der Waals surface area (Å²) in [5, 5.41) is 13.1. The molecule has 1 aliphatic heterocycles. The zero-order valence-corrected chi connectivity index (χ0v) is 13.0. The van der Waals surface area contributed by atoms with E-state index in [-0.39, 0.29) is 0 Å². The highest BCUT2D eigenvalue weighted by Gasteiger charge is 2.27. The van der Waals surface area contributed by atoms with E-state index in [9.17, 15) is 5.11 Å². The fourth-order valence-electron chi connectivity index (χ4n) is 3.67. The van der Waals surface area contributed by atoms with Crippen LogP contribution in [0.3, 0.4) is 0 Å². The lowest BCUT2D eigenvalue weighted by atomic mass is 9.95. The Balaban J connectivity index is 1.85. The Labute approximate surface area is 127 Å². The van der Waals surface area contributed by atoms with Crippen LogP contribution in [-0.4, -0.2) is 28.6 Å². The second kappa shape index (κ2) is 6.17. The molecule has 3 unspecified atom stereocenters. The van der Waals surface area contributed by atoms with Crippen molar-refractivity contribution in [2.75, 3.05) is 6.54 Å². The van der Waals surface area contributed by atoms with Gasteiger partial charge in [0.1, 0.15) is 0 Å². The Hall–Kier alpha value is -1.38. The van der Waals surface area contributed by atoms with Crippen molar-refractivity contribution in [1.29, 1.82) is 0 Å². The van der Waals surface area contributed by atoms with E-state index in [0.29, 0.717) is 12.1 Å². The Morgan fingerprint density at radius 2 is 1.71 bits per heavy atom. The van der Waals surface area contributed by atoms with E-state index in [4.69, 9.17) is 0 Å². The van der Waals surface area contributed by atoms with Crippen molar-refractivity contribution in [3.63, 3.8) is 0 Å². The molecule has 2 aromatic carbocycles. The van der Waals surface area contributed by atoms with E-state index in [1.165, 1.54) is 30.0 Å². The maximum atomic E-state index is 10.8. The molecule has 0 saturated carbocycles. The third-order valence-electron chi connectivity index (χ3n) is 4.94. The Kier molecular flexibility index (Phi) is 4.27. The quantitative estimate of drug-likeness (QED) is 0.915. The van der Waals surface area contributed by atoms with E-state index in [0.717, 1.165) is 12.1 Å². The topological polar surface area (TPSA) is 23.5 Å². The minimum Gasteiger partial charge on any atom is -0.387 e. The van der Waals surface area contributed by atoms with E-state index in [2.05, 4.69) is 43.0 Å². The largest absolute Gasteiger partial charge is 0.387 e. The second-order valence-corrected chi connectivity index (χ2v) is 6.41. The first-order valence-corrected chi connectivity index (χ1v) is 8.08. The zero-order valence-electron chi connectivity index (χ0n) is 13.0. The zero-order chi connectivity index (χ0) is 14.8. The second-order valence-electron chi connectivity index (χ2n) is 6.41. The van der Waals surface area contributed by atoms with Gasteiger partial charge in [-0.15, -0.1) is 0 Å². The Morgan fingerprint density at radius 3 is 2.48 bits per heavy atom. The number of benzene rings is 2. The minimum atomic E-state index is -0.418. The number of nitrogens with zero attached hydrogens (tertiary/aromatic N) is 1. The number of hydrogen-bond acceptors (Lipinski definition) is 2. The minimum absolute atomic E-state index is 0.418. The molecule has 3 atom stereocenters. The Bertz CT molecular complexity index is 594. The van der Waals surface area contributed by atoms with Gasteiger partial charge in [-0.1, -0.05) is 48.9 Å². The van der Waals surface area contributed by atoms with E-state index < -0.39 is 6.10 Å². The highest BCUT2D eigenvalue weighted by Crippen LogP contribution is 2.29. The molecule has 0 bridgehead atoms. The molecule has 1 fully saturated rings. The van der Waals surface area contributed by atoms with Crippen LogP contribution in [0.4, 0.5) is 0 Å². The third kappa shape index (κ3) is 2.97. The number of aliphatic hydroxyl groups is 1. The van der Waals surface area contributed by atoms with Gasteiger partial charge in [0, 0.05) is 18.6 Å². The first-order chi connectivity index (χ1) is 10.2. The van der Waals surface area contributed by atoms with Gasteiger partial charge in [0.15, 0.2) is 0 Å². The summed E-state index contributed by atoms with van der Waals surface area (Å²) >= 11 is 0. The summed E-state index contributed by atoms with van der Waals surface area (Å²) in [5.74, 6) is 0. The molecule has 21 heavy (non-hydrogen) atoms. The number of aliphatic hydroxyl groups excluding tert-OH is 1. The summed E-state index contributed by atoms with van der Waals surface area (Å²) in [5.41, 5.74) is 1.05. The summed E-state index contributed by atoms with van der Waals surface area (Å²) in [6.45, 7) is 5.30. The van der Waals surface area contributed by atoms with Crippen LogP contribution in [0.2, 0.25) is 0 Å². The number of β-amino-alcohol motifs (C(OH)–C–C–N with tert-alkyl or cyclic N) is 1. The standard InChI is InChI=1S/C19H25NO/c1-14-7-5-8-15(2)20(14)13-19(21)18-12-6-10-16-9-3-4-11-17(16)18/h3-4,6,9-12,14-15,19,21H,5,7-8,13H2,1-2H3. The van der Waals surface area contributed by atoms with Gasteiger partial charge in [0.05, 0.1) is 6.10 Å². The third-order valence-corrected chi connectivity index (χ3v) is 4.94. The lowest BCUT2D eigenvalue weighted by Gasteiger charge is -2.40. The van der Waals surface area contributed by atoms with Gasteiger partial charge in [-0.05, 0) is 43.0 Å². The van der Waals surface area contributed by atoms with Crippen molar-refractivity contribution >= 4 is 10.8 Å². The van der Waals surface area contributed by atoms with Gasteiger partial charge in [-0.25, -0.2) is 0 Å². The SMILES string of the molecule is CC1CCCC(C)N1CC(O)c1cccc2ccccc12. The molecular weight excluding hydrogens is 258 g/mol.